The van der Waals surface area contributed by atoms with Crippen molar-refractivity contribution in [3.05, 3.63) is 65.2 Å². The highest BCUT2D eigenvalue weighted by Gasteiger charge is 2.34. The quantitative estimate of drug-likeness (QED) is 0.879. The molecule has 0 bridgehead atoms. The van der Waals surface area contributed by atoms with Crippen LogP contribution in [0.1, 0.15) is 29.2 Å². The molecule has 2 aromatic carbocycles. The molecule has 0 aliphatic carbocycles. The largest absolute Gasteiger partial charge is 0.368 e. The summed E-state index contributed by atoms with van der Waals surface area (Å²) in [5.41, 5.74) is 11.6. The van der Waals surface area contributed by atoms with Gasteiger partial charge in [0.05, 0.1) is 0 Å². The first-order valence-corrected chi connectivity index (χ1v) is 9.79. The van der Waals surface area contributed by atoms with E-state index in [1.54, 1.807) is 0 Å². The molecule has 0 aromatic heterocycles. The van der Waals surface area contributed by atoms with Gasteiger partial charge in [0, 0.05) is 37.9 Å². The summed E-state index contributed by atoms with van der Waals surface area (Å²) in [7, 11) is 0. The molecule has 2 aliphatic heterocycles. The standard InChI is InChI=1S/C22H28N4O/c1-16-8-9-17(2)21(14-16)25-10-12-26(13-11-25)22(27)20-15-19(23-24-20)18-6-4-3-5-7-18/h3-9,14,19-20,23-24H,10-13,15H2,1-2H3. The second-order valence-electron chi connectivity index (χ2n) is 7.64. The Kier molecular flexibility index (Phi) is 5.14. The summed E-state index contributed by atoms with van der Waals surface area (Å²) in [6.07, 6.45) is 0.792. The number of amides is 1. The summed E-state index contributed by atoms with van der Waals surface area (Å²) in [6, 6.07) is 16.9. The maximum Gasteiger partial charge on any atom is 0.241 e. The number of carbonyl (C=O) groups excluding carboxylic acids is 1. The fourth-order valence-corrected chi connectivity index (χ4v) is 4.07. The van der Waals surface area contributed by atoms with Crippen LogP contribution < -0.4 is 15.8 Å². The molecule has 0 spiro atoms. The maximum atomic E-state index is 12.9. The molecule has 2 atom stereocenters. The lowest BCUT2D eigenvalue weighted by Crippen LogP contribution is -2.53. The number of piperazine rings is 1. The minimum absolute atomic E-state index is 0.150. The Morgan fingerprint density at radius 1 is 0.963 bits per heavy atom. The van der Waals surface area contributed by atoms with Crippen molar-refractivity contribution in [1.29, 1.82) is 0 Å². The predicted octanol–water partition coefficient (Wildman–Crippen LogP) is 2.56. The summed E-state index contributed by atoms with van der Waals surface area (Å²) in [6.45, 7) is 7.62. The van der Waals surface area contributed by atoms with E-state index >= 15 is 0 Å². The summed E-state index contributed by atoms with van der Waals surface area (Å²) in [5, 5.41) is 0. The van der Waals surface area contributed by atoms with Crippen molar-refractivity contribution >= 4 is 11.6 Å². The summed E-state index contributed by atoms with van der Waals surface area (Å²) in [5.74, 6) is 0.210. The van der Waals surface area contributed by atoms with E-state index in [-0.39, 0.29) is 18.0 Å². The molecule has 2 aliphatic rings. The molecule has 2 fully saturated rings. The number of hydrazine groups is 1. The SMILES string of the molecule is Cc1ccc(C)c(N2CCN(C(=O)C3CC(c4ccccc4)NN3)CC2)c1. The number of anilines is 1. The molecular weight excluding hydrogens is 336 g/mol. The number of aryl methyl sites for hydroxylation is 2. The van der Waals surface area contributed by atoms with Gasteiger partial charge >= 0.3 is 0 Å². The van der Waals surface area contributed by atoms with Crippen molar-refractivity contribution in [2.75, 3.05) is 31.1 Å². The van der Waals surface area contributed by atoms with Crippen molar-refractivity contribution in [2.45, 2.75) is 32.4 Å². The van der Waals surface area contributed by atoms with Crippen molar-refractivity contribution < 1.29 is 4.79 Å². The predicted molar refractivity (Wildman–Crippen MR) is 109 cm³/mol. The second-order valence-corrected chi connectivity index (χ2v) is 7.64. The zero-order valence-electron chi connectivity index (χ0n) is 16.1. The first-order valence-electron chi connectivity index (χ1n) is 9.79. The van der Waals surface area contributed by atoms with Gasteiger partial charge in [-0.25, -0.2) is 10.9 Å². The Morgan fingerprint density at radius 2 is 1.70 bits per heavy atom. The maximum absolute atomic E-state index is 12.9. The molecule has 1 amide bonds. The lowest BCUT2D eigenvalue weighted by Gasteiger charge is -2.37. The van der Waals surface area contributed by atoms with Crippen LogP contribution in [-0.4, -0.2) is 43.0 Å². The normalized spacial score (nSPS) is 22.9. The topological polar surface area (TPSA) is 47.6 Å². The number of benzene rings is 2. The van der Waals surface area contributed by atoms with Crippen LogP contribution in [0.5, 0.6) is 0 Å². The molecule has 5 heteroatoms. The van der Waals surface area contributed by atoms with Gasteiger partial charge in [-0.15, -0.1) is 0 Å². The number of rotatable bonds is 3. The third kappa shape index (κ3) is 3.84. The minimum atomic E-state index is -0.150. The Bertz CT molecular complexity index is 799. The van der Waals surface area contributed by atoms with Gasteiger partial charge in [-0.3, -0.25) is 4.79 Å². The summed E-state index contributed by atoms with van der Waals surface area (Å²) >= 11 is 0. The molecule has 2 saturated heterocycles. The van der Waals surface area contributed by atoms with Gasteiger partial charge in [0.25, 0.3) is 0 Å². The van der Waals surface area contributed by atoms with Crippen molar-refractivity contribution in [1.82, 2.24) is 15.8 Å². The smallest absolute Gasteiger partial charge is 0.241 e. The fraction of sp³-hybridized carbons (Fsp3) is 0.409. The summed E-state index contributed by atoms with van der Waals surface area (Å²) < 4.78 is 0. The molecule has 2 heterocycles. The molecule has 0 radical (unpaired) electrons. The van der Waals surface area contributed by atoms with Crippen LogP contribution in [0.4, 0.5) is 5.69 Å². The number of hydrogen-bond donors (Lipinski definition) is 2. The zero-order valence-corrected chi connectivity index (χ0v) is 16.1. The number of carbonyl (C=O) groups is 1. The molecule has 2 unspecified atom stereocenters. The van der Waals surface area contributed by atoms with Gasteiger partial charge in [-0.1, -0.05) is 42.5 Å². The molecule has 4 rings (SSSR count). The van der Waals surface area contributed by atoms with Gasteiger partial charge in [-0.05, 0) is 43.0 Å². The van der Waals surface area contributed by atoms with E-state index in [2.05, 4.69) is 59.9 Å². The Labute approximate surface area is 161 Å². The van der Waals surface area contributed by atoms with Gasteiger partial charge in [0.1, 0.15) is 6.04 Å². The molecule has 5 nitrogen and oxygen atoms in total. The first kappa shape index (κ1) is 18.0. The highest BCUT2D eigenvalue weighted by atomic mass is 16.2. The zero-order chi connectivity index (χ0) is 18.8. The van der Waals surface area contributed by atoms with Crippen LogP contribution in [-0.2, 0) is 4.79 Å². The van der Waals surface area contributed by atoms with Gasteiger partial charge in [0.2, 0.25) is 5.91 Å². The fourth-order valence-electron chi connectivity index (χ4n) is 4.07. The van der Waals surface area contributed by atoms with Crippen LogP contribution in [0.15, 0.2) is 48.5 Å². The van der Waals surface area contributed by atoms with Gasteiger partial charge in [-0.2, -0.15) is 0 Å². The Balaban J connectivity index is 1.34. The van der Waals surface area contributed by atoms with Crippen molar-refractivity contribution in [2.24, 2.45) is 0 Å². The molecule has 142 valence electrons. The highest BCUT2D eigenvalue weighted by Crippen LogP contribution is 2.25. The van der Waals surface area contributed by atoms with Crippen LogP contribution in [0.3, 0.4) is 0 Å². The van der Waals surface area contributed by atoms with Crippen LogP contribution in [0.25, 0.3) is 0 Å². The van der Waals surface area contributed by atoms with Gasteiger partial charge < -0.3 is 9.80 Å². The third-order valence-corrected chi connectivity index (χ3v) is 5.70. The average molecular weight is 364 g/mol. The molecule has 27 heavy (non-hydrogen) atoms. The van der Waals surface area contributed by atoms with E-state index in [4.69, 9.17) is 0 Å². The van der Waals surface area contributed by atoms with E-state index in [9.17, 15) is 4.79 Å². The monoisotopic (exact) mass is 364 g/mol. The molecule has 0 saturated carbocycles. The lowest BCUT2D eigenvalue weighted by molar-refractivity contribution is -0.133. The van der Waals surface area contributed by atoms with E-state index in [1.807, 2.05) is 23.1 Å². The van der Waals surface area contributed by atoms with Crippen LogP contribution >= 0.6 is 0 Å². The van der Waals surface area contributed by atoms with Crippen LogP contribution in [0, 0.1) is 13.8 Å². The van der Waals surface area contributed by atoms with Crippen molar-refractivity contribution in [3.8, 4) is 0 Å². The first-order chi connectivity index (χ1) is 13.1. The average Bonchev–Trinajstić information content (AvgIpc) is 3.20. The molecular formula is C22H28N4O. The lowest BCUT2D eigenvalue weighted by atomic mass is 10.0. The molecule has 2 aromatic rings. The minimum Gasteiger partial charge on any atom is -0.368 e. The van der Waals surface area contributed by atoms with E-state index < -0.39 is 0 Å². The highest BCUT2D eigenvalue weighted by molar-refractivity contribution is 5.82. The van der Waals surface area contributed by atoms with E-state index in [1.165, 1.54) is 22.4 Å². The van der Waals surface area contributed by atoms with E-state index in [0.717, 1.165) is 32.6 Å². The molecule has 2 N–H and O–H groups in total. The van der Waals surface area contributed by atoms with E-state index in [0.29, 0.717) is 0 Å². The summed E-state index contributed by atoms with van der Waals surface area (Å²) in [4.78, 5) is 17.4. The Hall–Kier alpha value is -2.37. The second kappa shape index (κ2) is 7.71. The van der Waals surface area contributed by atoms with Gasteiger partial charge in [0.15, 0.2) is 0 Å². The van der Waals surface area contributed by atoms with Crippen LogP contribution in [0.2, 0.25) is 0 Å². The number of nitrogens with zero attached hydrogens (tertiary/aromatic N) is 2. The number of hydrogen-bond acceptors (Lipinski definition) is 4. The Morgan fingerprint density at radius 3 is 2.44 bits per heavy atom. The van der Waals surface area contributed by atoms with Crippen molar-refractivity contribution in [3.63, 3.8) is 0 Å². The number of nitrogens with one attached hydrogen (secondary N) is 2. The third-order valence-electron chi connectivity index (χ3n) is 5.70.